The van der Waals surface area contributed by atoms with Gasteiger partial charge in [0.25, 0.3) is 0 Å². The summed E-state index contributed by atoms with van der Waals surface area (Å²) in [6.45, 7) is 10.2. The fourth-order valence-electron chi connectivity index (χ4n) is 12.9. The number of nitrogens with one attached hydrogen (secondary N) is 12. The van der Waals surface area contributed by atoms with E-state index in [1.165, 1.54) is 26.2 Å². The zero-order valence-corrected chi connectivity index (χ0v) is 72.6. The standard InChI is InChI=1S/C82H137N19O23/c1-8-49(5)68(78(121)90-47-63(104)92-59(46-67(111)112)77(120)97-57(38-41-66(109)110)74(117)99-60(80(123)124)45-52-30-24-23-25-31-52)101-75(118)54(33-29-43-89-82(86)87)94-71(114)53(32-28-42-88-81(84)85)95-76(119)58(44-48(3)4)98-73(116)56(37-40-65(107)108)96-72(115)55(36-39-61(83)102)93-70(113)51(7)91-79(122)69(50(6)9-2)100-62(103)34-26-21-19-17-15-13-11-10-12-14-16-18-20-22-27-35-64(105)106/h23-25,30-31,48-51,53-60,68-69H,8-22,26-29,32-47H2,1-7H3,(H2,83,102)(H,90,121)(H,91,122)(H,92,104)(H,93,113)(H,94,114)(H,95,119)(H,96,115)(H,97,120)(H,98,116)(H,99,117)(H,100,103)(H,101,118)(H,105,106)(H,107,108)(H,109,110)(H,111,112)(H,123,124)(H4,84,85,88)(H4,86,87,89)/t49-,50-,51-,53-,54?,55-,56-,57-,58-,59-,60-,68-,69-/m0/s1. The molecule has 0 radical (unpaired) electrons. The van der Waals surface area contributed by atoms with Crippen molar-refractivity contribution in [2.75, 3.05) is 19.6 Å². The van der Waals surface area contributed by atoms with Gasteiger partial charge in [0.2, 0.25) is 76.8 Å². The maximum atomic E-state index is 14.7. The number of unbranched alkanes of at least 4 members (excludes halogenated alkanes) is 14. The third-order valence-electron chi connectivity index (χ3n) is 20.4. The van der Waals surface area contributed by atoms with Gasteiger partial charge in [-0.25, -0.2) is 4.79 Å². The van der Waals surface area contributed by atoms with Crippen molar-refractivity contribution in [3.63, 3.8) is 0 Å². The second kappa shape index (κ2) is 62.3. The molecule has 27 N–H and O–H groups in total. The maximum absolute atomic E-state index is 14.7. The van der Waals surface area contributed by atoms with E-state index in [0.29, 0.717) is 18.4 Å². The van der Waals surface area contributed by atoms with E-state index in [2.05, 4.69) is 73.8 Å². The van der Waals surface area contributed by atoms with Crippen molar-refractivity contribution < 1.29 is 112 Å². The molecule has 0 saturated carbocycles. The van der Waals surface area contributed by atoms with Crippen LogP contribution in [0.2, 0.25) is 0 Å². The Morgan fingerprint density at radius 1 is 0.339 bits per heavy atom. The topological polar surface area (TPSA) is 708 Å². The summed E-state index contributed by atoms with van der Waals surface area (Å²) in [6, 6.07) is -9.46. The first-order chi connectivity index (χ1) is 58.6. The number of carbonyl (C=O) groups is 18. The number of nitrogens with two attached hydrogens (primary N) is 5. The fourth-order valence-corrected chi connectivity index (χ4v) is 12.9. The van der Waals surface area contributed by atoms with Gasteiger partial charge in [-0.05, 0) is 94.4 Å². The van der Waals surface area contributed by atoms with Crippen LogP contribution >= 0.6 is 0 Å². The van der Waals surface area contributed by atoms with Crippen LogP contribution in [0.25, 0.3) is 0 Å². The van der Waals surface area contributed by atoms with Gasteiger partial charge in [0.05, 0.1) is 13.0 Å². The van der Waals surface area contributed by atoms with Gasteiger partial charge in [0.1, 0.15) is 66.5 Å². The lowest BCUT2D eigenvalue weighted by Crippen LogP contribution is -2.60. The molecule has 0 fully saturated rings. The summed E-state index contributed by atoms with van der Waals surface area (Å²) in [5, 5.41) is 77.1. The minimum absolute atomic E-state index is 0.0158. The Labute approximate surface area is 723 Å². The Morgan fingerprint density at radius 2 is 0.702 bits per heavy atom. The van der Waals surface area contributed by atoms with Crippen LogP contribution in [0.3, 0.4) is 0 Å². The highest BCUT2D eigenvalue weighted by Crippen LogP contribution is 2.18. The Kier molecular flexibility index (Phi) is 55.4. The molecule has 13 amide bonds. The molecule has 0 spiro atoms. The van der Waals surface area contributed by atoms with Crippen molar-refractivity contribution in [2.45, 2.75) is 320 Å². The molecule has 1 rings (SSSR count). The molecule has 0 aromatic heterocycles. The van der Waals surface area contributed by atoms with Gasteiger partial charge < -0.3 is 118 Å². The highest BCUT2D eigenvalue weighted by atomic mass is 16.4. The summed E-state index contributed by atoms with van der Waals surface area (Å²) in [4.78, 5) is 247. The number of aliphatic imine (C=N–C) groups is 2. The van der Waals surface area contributed by atoms with Gasteiger partial charge >= 0.3 is 29.8 Å². The second-order valence-corrected chi connectivity index (χ2v) is 31.5. The number of carbonyl (C=O) groups excluding carboxylic acids is 13. The summed E-state index contributed by atoms with van der Waals surface area (Å²) >= 11 is 0. The lowest BCUT2D eigenvalue weighted by molar-refractivity contribution is -0.143. The van der Waals surface area contributed by atoms with Crippen molar-refractivity contribution in [3.8, 4) is 0 Å². The van der Waals surface area contributed by atoms with Crippen molar-refractivity contribution in [3.05, 3.63) is 35.9 Å². The molecule has 42 heteroatoms. The molecule has 1 aromatic rings. The summed E-state index contributed by atoms with van der Waals surface area (Å²) in [7, 11) is 0. The van der Waals surface area contributed by atoms with E-state index in [1.54, 1.807) is 65.0 Å². The molecule has 0 bridgehead atoms. The highest BCUT2D eigenvalue weighted by Gasteiger charge is 2.38. The van der Waals surface area contributed by atoms with Crippen molar-refractivity contribution in [1.29, 1.82) is 0 Å². The van der Waals surface area contributed by atoms with Gasteiger partial charge in [-0.3, -0.25) is 91.5 Å². The number of benzene rings is 1. The molecule has 0 aliphatic carbocycles. The van der Waals surface area contributed by atoms with Gasteiger partial charge in [-0.1, -0.05) is 168 Å². The molecule has 42 nitrogen and oxygen atoms in total. The Morgan fingerprint density at radius 3 is 1.10 bits per heavy atom. The minimum Gasteiger partial charge on any atom is -0.481 e. The van der Waals surface area contributed by atoms with Crippen molar-refractivity contribution >= 4 is 119 Å². The van der Waals surface area contributed by atoms with E-state index in [9.17, 15) is 107 Å². The third-order valence-corrected chi connectivity index (χ3v) is 20.4. The molecule has 13 atom stereocenters. The largest absolute Gasteiger partial charge is 0.481 e. The fraction of sp³-hybridized carbons (Fsp3) is 0.683. The van der Waals surface area contributed by atoms with Crippen LogP contribution in [0.5, 0.6) is 0 Å². The molecule has 698 valence electrons. The second-order valence-electron chi connectivity index (χ2n) is 31.5. The number of aliphatic carboxylic acids is 5. The first-order valence-electron chi connectivity index (χ1n) is 42.7. The number of hydrogen-bond donors (Lipinski definition) is 22. The van der Waals surface area contributed by atoms with E-state index in [4.69, 9.17) is 33.8 Å². The van der Waals surface area contributed by atoms with Crippen molar-refractivity contribution in [1.82, 2.24) is 63.8 Å². The Bertz CT molecular complexity index is 3680. The van der Waals surface area contributed by atoms with Crippen LogP contribution in [0.1, 0.15) is 253 Å². The highest BCUT2D eigenvalue weighted by molar-refractivity contribution is 6.00. The van der Waals surface area contributed by atoms with E-state index >= 15 is 0 Å². The third kappa shape index (κ3) is 50.0. The average molecular weight is 1760 g/mol. The zero-order valence-electron chi connectivity index (χ0n) is 72.6. The lowest BCUT2D eigenvalue weighted by atomic mass is 9.97. The molecule has 0 heterocycles. The van der Waals surface area contributed by atoms with E-state index < -0.39 is 236 Å². The molecule has 1 unspecified atom stereocenters. The summed E-state index contributed by atoms with van der Waals surface area (Å²) in [5.41, 5.74) is 28.3. The molecule has 124 heavy (non-hydrogen) atoms. The van der Waals surface area contributed by atoms with Crippen LogP contribution in [0.15, 0.2) is 40.3 Å². The Balaban J connectivity index is 3.48. The Hall–Kier alpha value is -11.8. The molecular formula is C82H137N19O23. The van der Waals surface area contributed by atoms with Crippen LogP contribution in [0, 0.1) is 17.8 Å². The average Bonchev–Trinajstić information content (AvgIpc) is 0.865. The quantitative estimate of drug-likeness (QED) is 0.0235. The number of rotatable bonds is 69. The zero-order chi connectivity index (χ0) is 93.4. The van der Waals surface area contributed by atoms with Crippen LogP contribution in [0.4, 0.5) is 0 Å². The lowest BCUT2D eigenvalue weighted by Gasteiger charge is -2.29. The number of hydrogen-bond acceptors (Lipinski definition) is 20. The summed E-state index contributed by atoms with van der Waals surface area (Å²) in [6.07, 6.45) is 10.5. The predicted octanol–water partition coefficient (Wildman–Crippen LogP) is 0.214. The number of amides is 13. The number of nitrogens with zero attached hydrogens (tertiary/aromatic N) is 2. The van der Waals surface area contributed by atoms with Gasteiger partial charge in [-0.2, -0.15) is 0 Å². The molecular weight excluding hydrogens is 1620 g/mol. The van der Waals surface area contributed by atoms with Crippen LogP contribution in [-0.2, 0) is 92.7 Å². The predicted molar refractivity (Wildman–Crippen MR) is 456 cm³/mol. The van der Waals surface area contributed by atoms with Crippen molar-refractivity contribution in [2.24, 2.45) is 56.4 Å². The first-order valence-corrected chi connectivity index (χ1v) is 42.7. The molecule has 0 aliphatic heterocycles. The van der Waals surface area contributed by atoms with E-state index in [1.807, 2.05) is 6.92 Å². The normalized spacial score (nSPS) is 14.2. The number of primary amides is 1. The number of carboxylic acid groups (broad SMARTS) is 5. The summed E-state index contributed by atoms with van der Waals surface area (Å²) < 4.78 is 0. The van der Waals surface area contributed by atoms with Gasteiger partial charge in [0, 0.05) is 51.6 Å². The monoisotopic (exact) mass is 1760 g/mol. The smallest absolute Gasteiger partial charge is 0.326 e. The van der Waals surface area contributed by atoms with Gasteiger partial charge in [-0.15, -0.1) is 0 Å². The first kappa shape index (κ1) is 110. The molecule has 0 saturated heterocycles. The van der Waals surface area contributed by atoms with Crippen LogP contribution in [-0.4, -0.2) is 230 Å². The maximum Gasteiger partial charge on any atom is 0.326 e. The van der Waals surface area contributed by atoms with E-state index in [0.717, 1.165) is 70.6 Å². The number of carboxylic acids is 5. The molecule has 1 aromatic carbocycles. The summed E-state index contributed by atoms with van der Waals surface area (Å²) in [5.74, 6) is -21.9. The van der Waals surface area contributed by atoms with Gasteiger partial charge in [0.15, 0.2) is 11.9 Å². The van der Waals surface area contributed by atoms with E-state index in [-0.39, 0.29) is 88.7 Å². The SMILES string of the molecule is CC[C@H](C)[C@H](NC(=O)CCCCCCCCCCCCCCCCCC(=O)O)C(=O)N[C@@H](C)C(=O)N[C@@H](CCC(N)=O)C(=O)N[C@@H](CCC(=O)O)C(=O)N[C@@H](CC(C)C)C(=O)N[C@@H](CCCN=C(N)N)C(=O)NC(CCCN=C(N)N)C(=O)N[C@H](C(=O)NCC(=O)N[C@@H](CC(=O)O)C(=O)N[C@@H](CCC(=O)O)C(=O)N[C@@H](Cc1ccccc1)C(=O)O)[C@@H](C)CC. The minimum atomic E-state index is -1.99. The number of guanidine groups is 2. The van der Waals surface area contributed by atoms with Crippen LogP contribution < -0.4 is 92.5 Å². The molecule has 0 aliphatic rings.